The third-order valence-electron chi connectivity index (χ3n) is 6.86. The summed E-state index contributed by atoms with van der Waals surface area (Å²) in [5, 5.41) is 0.424. The highest BCUT2D eigenvalue weighted by atomic mass is 35.5. The summed E-state index contributed by atoms with van der Waals surface area (Å²) in [7, 11) is -3.91. The minimum atomic E-state index is -4.42. The van der Waals surface area contributed by atoms with Gasteiger partial charge in [-0.25, -0.2) is 8.42 Å². The normalized spacial score (nSPS) is 18.0. The topological polar surface area (TPSA) is 60.9 Å². The van der Waals surface area contributed by atoms with Crippen LogP contribution in [0.5, 0.6) is 0 Å². The molecule has 2 fully saturated rings. The molecule has 2 aromatic rings. The quantitative estimate of drug-likeness (QED) is 0.513. The summed E-state index contributed by atoms with van der Waals surface area (Å²) >= 11 is 5.93. The molecule has 196 valence electrons. The van der Waals surface area contributed by atoms with Crippen molar-refractivity contribution in [3.63, 3.8) is 0 Å². The van der Waals surface area contributed by atoms with Crippen LogP contribution in [0.3, 0.4) is 0 Å². The van der Waals surface area contributed by atoms with Gasteiger partial charge in [0.1, 0.15) is 0 Å². The zero-order chi connectivity index (χ0) is 25.9. The molecule has 1 aliphatic carbocycles. The van der Waals surface area contributed by atoms with Crippen molar-refractivity contribution in [2.75, 3.05) is 37.6 Å². The number of rotatable bonds is 6. The second kappa shape index (κ2) is 11.0. The summed E-state index contributed by atoms with van der Waals surface area (Å²) in [6.07, 6.45) is -0.183. The van der Waals surface area contributed by atoms with Gasteiger partial charge in [-0.1, -0.05) is 36.9 Å². The molecule has 1 aliphatic heterocycles. The van der Waals surface area contributed by atoms with Crippen LogP contribution in [0.4, 0.5) is 18.9 Å². The summed E-state index contributed by atoms with van der Waals surface area (Å²) in [6, 6.07) is 10.8. The van der Waals surface area contributed by atoms with Crippen molar-refractivity contribution >= 4 is 33.2 Å². The van der Waals surface area contributed by atoms with Crippen molar-refractivity contribution in [1.29, 1.82) is 0 Å². The van der Waals surface area contributed by atoms with Gasteiger partial charge in [0.25, 0.3) is 0 Å². The number of piperazine rings is 1. The molecule has 2 aliphatic rings. The first-order chi connectivity index (χ1) is 17.1. The maximum absolute atomic E-state index is 13.5. The van der Waals surface area contributed by atoms with Crippen LogP contribution in [0.15, 0.2) is 53.4 Å². The Morgan fingerprint density at radius 1 is 0.972 bits per heavy atom. The van der Waals surface area contributed by atoms with Crippen molar-refractivity contribution in [3.8, 4) is 0 Å². The van der Waals surface area contributed by atoms with E-state index in [4.69, 9.17) is 11.6 Å². The Kier molecular flexibility index (Phi) is 8.16. The average molecular weight is 544 g/mol. The van der Waals surface area contributed by atoms with Crippen molar-refractivity contribution in [3.05, 3.63) is 59.1 Å². The van der Waals surface area contributed by atoms with Gasteiger partial charge in [-0.05, 0) is 55.3 Å². The van der Waals surface area contributed by atoms with Crippen molar-refractivity contribution in [1.82, 2.24) is 9.21 Å². The van der Waals surface area contributed by atoms with E-state index in [1.165, 1.54) is 34.6 Å². The van der Waals surface area contributed by atoms with Gasteiger partial charge in [-0.2, -0.15) is 17.5 Å². The predicted molar refractivity (Wildman–Crippen MR) is 132 cm³/mol. The van der Waals surface area contributed by atoms with Crippen LogP contribution < -0.4 is 4.90 Å². The number of alkyl halides is 3. The van der Waals surface area contributed by atoms with E-state index in [2.05, 4.69) is 0 Å². The van der Waals surface area contributed by atoms with Crippen molar-refractivity contribution in [2.24, 2.45) is 0 Å². The lowest BCUT2D eigenvalue weighted by Gasteiger charge is -2.38. The van der Waals surface area contributed by atoms with Gasteiger partial charge >= 0.3 is 6.18 Å². The molecule has 2 aromatic carbocycles. The smallest absolute Gasteiger partial charge is 0.368 e. The minimum Gasteiger partial charge on any atom is -0.368 e. The number of hydrogen-bond acceptors (Lipinski definition) is 4. The molecule has 0 aromatic heterocycles. The Balaban J connectivity index is 1.46. The number of halogens is 4. The molecule has 0 radical (unpaired) electrons. The summed E-state index contributed by atoms with van der Waals surface area (Å²) in [5.41, 5.74) is -0.264. The third kappa shape index (κ3) is 6.15. The van der Waals surface area contributed by atoms with Crippen LogP contribution in [-0.2, 0) is 21.0 Å². The van der Waals surface area contributed by atoms with Crippen LogP contribution in [0, 0.1) is 0 Å². The summed E-state index contributed by atoms with van der Waals surface area (Å²) in [6.45, 7) is 1.06. The number of carbonyl (C=O) groups is 1. The monoisotopic (exact) mass is 543 g/mol. The van der Waals surface area contributed by atoms with E-state index < -0.39 is 21.8 Å². The molecule has 1 saturated heterocycles. The lowest BCUT2D eigenvalue weighted by molar-refractivity contribution is -0.137. The second-order valence-corrected chi connectivity index (χ2v) is 11.5. The van der Waals surface area contributed by atoms with Crippen LogP contribution in [0.25, 0.3) is 0 Å². The Labute approximate surface area is 214 Å². The Morgan fingerprint density at radius 3 is 2.22 bits per heavy atom. The molecule has 1 heterocycles. The number of nitrogens with zero attached hydrogens (tertiary/aromatic N) is 3. The molecule has 0 spiro atoms. The van der Waals surface area contributed by atoms with Gasteiger partial charge < -0.3 is 9.80 Å². The fourth-order valence-electron chi connectivity index (χ4n) is 4.85. The molecule has 6 nitrogen and oxygen atoms in total. The van der Waals surface area contributed by atoms with Gasteiger partial charge in [-0.3, -0.25) is 4.79 Å². The van der Waals surface area contributed by atoms with E-state index in [1.54, 1.807) is 11.0 Å². The number of benzene rings is 2. The summed E-state index contributed by atoms with van der Waals surface area (Å²) < 4.78 is 67.6. The molecule has 1 saturated carbocycles. The molecule has 0 atom stereocenters. The molecule has 11 heteroatoms. The average Bonchev–Trinajstić information content (AvgIpc) is 2.87. The second-order valence-electron chi connectivity index (χ2n) is 9.21. The predicted octanol–water partition coefficient (Wildman–Crippen LogP) is 5.03. The van der Waals surface area contributed by atoms with E-state index in [9.17, 15) is 26.4 Å². The Morgan fingerprint density at radius 2 is 1.61 bits per heavy atom. The maximum Gasteiger partial charge on any atom is 0.416 e. The third-order valence-corrected chi connectivity index (χ3v) is 9.03. The van der Waals surface area contributed by atoms with Gasteiger partial charge in [0, 0.05) is 42.9 Å². The van der Waals surface area contributed by atoms with E-state index in [-0.39, 0.29) is 23.4 Å². The Hall–Kier alpha value is -2.30. The van der Waals surface area contributed by atoms with Gasteiger partial charge in [0.05, 0.1) is 17.0 Å². The van der Waals surface area contributed by atoms with Gasteiger partial charge in [0.2, 0.25) is 15.9 Å². The summed E-state index contributed by atoms with van der Waals surface area (Å²) in [5.74, 6) is -0.304. The lowest BCUT2D eigenvalue weighted by atomic mass is 9.95. The molecule has 1 amide bonds. The molecule has 0 bridgehead atoms. The fraction of sp³-hybridized carbons (Fsp3) is 0.480. The molecular formula is C25H29ClF3N3O3S. The van der Waals surface area contributed by atoms with Gasteiger partial charge in [-0.15, -0.1) is 0 Å². The van der Waals surface area contributed by atoms with Gasteiger partial charge in [0.15, 0.2) is 0 Å². The highest BCUT2D eigenvalue weighted by Gasteiger charge is 2.36. The minimum absolute atomic E-state index is 0.0969. The van der Waals surface area contributed by atoms with E-state index in [0.29, 0.717) is 49.7 Å². The summed E-state index contributed by atoms with van der Waals surface area (Å²) in [4.78, 5) is 16.7. The zero-order valence-corrected chi connectivity index (χ0v) is 21.3. The lowest BCUT2D eigenvalue weighted by Crippen LogP contribution is -2.53. The fourth-order valence-corrected chi connectivity index (χ4v) is 6.61. The van der Waals surface area contributed by atoms with Crippen LogP contribution in [0.2, 0.25) is 5.02 Å². The van der Waals surface area contributed by atoms with Crippen LogP contribution in [0.1, 0.15) is 37.7 Å². The SMILES string of the molecule is O=C(CN(C1CCCCC1)S(=O)(=O)c1ccc(Cl)cc1)N1CCN(c2cccc(C(F)(F)F)c2)CC1. The van der Waals surface area contributed by atoms with Crippen LogP contribution >= 0.6 is 11.6 Å². The molecule has 0 N–H and O–H groups in total. The van der Waals surface area contributed by atoms with Crippen molar-refractivity contribution in [2.45, 2.75) is 49.2 Å². The first kappa shape index (κ1) is 26.8. The first-order valence-electron chi connectivity index (χ1n) is 12.0. The maximum atomic E-state index is 13.5. The van der Waals surface area contributed by atoms with E-state index in [1.807, 2.05) is 4.90 Å². The first-order valence-corrected chi connectivity index (χ1v) is 13.8. The molecule has 0 unspecified atom stereocenters. The largest absolute Gasteiger partial charge is 0.416 e. The highest BCUT2D eigenvalue weighted by molar-refractivity contribution is 7.89. The van der Waals surface area contributed by atoms with E-state index in [0.717, 1.165) is 31.4 Å². The number of carbonyl (C=O) groups excluding carboxylic acids is 1. The van der Waals surface area contributed by atoms with Crippen molar-refractivity contribution < 1.29 is 26.4 Å². The number of hydrogen-bond donors (Lipinski definition) is 0. The standard InChI is InChI=1S/C25H29ClF3N3O3S/c26-20-9-11-23(12-10-20)36(34,35)32(21-6-2-1-3-7-21)18-24(33)31-15-13-30(14-16-31)22-8-4-5-19(17-22)25(27,28)29/h4-5,8-12,17,21H,1-3,6-7,13-16,18H2. The molecule has 4 rings (SSSR count). The Bertz CT molecular complexity index is 1160. The van der Waals surface area contributed by atoms with Crippen LogP contribution in [-0.4, -0.2) is 62.3 Å². The molecular weight excluding hydrogens is 515 g/mol. The highest BCUT2D eigenvalue weighted by Crippen LogP contribution is 2.32. The number of anilines is 1. The number of amides is 1. The molecule has 36 heavy (non-hydrogen) atoms. The zero-order valence-electron chi connectivity index (χ0n) is 19.8. The van der Waals surface area contributed by atoms with E-state index >= 15 is 0 Å². The number of sulfonamides is 1.